The Bertz CT molecular complexity index is 1030. The molecule has 0 aliphatic carbocycles. The Balaban J connectivity index is 1.45. The highest BCUT2D eigenvalue weighted by molar-refractivity contribution is 7.16. The van der Waals surface area contributed by atoms with E-state index in [1.165, 1.54) is 28.3 Å². The maximum absolute atomic E-state index is 12.2. The summed E-state index contributed by atoms with van der Waals surface area (Å²) in [5.41, 5.74) is 0.227. The highest BCUT2D eigenvalue weighted by Crippen LogP contribution is 2.22. The van der Waals surface area contributed by atoms with Crippen LogP contribution in [0.2, 0.25) is 0 Å². The molecule has 1 amide bonds. The number of fused-ring (bicyclic) bond motifs is 1. The fourth-order valence-electron chi connectivity index (χ4n) is 2.54. The molecule has 27 heavy (non-hydrogen) atoms. The van der Waals surface area contributed by atoms with E-state index in [1.54, 1.807) is 29.6 Å². The van der Waals surface area contributed by atoms with Crippen LogP contribution in [0.15, 0.2) is 46.8 Å². The topological polar surface area (TPSA) is 119 Å². The highest BCUT2D eigenvalue weighted by Gasteiger charge is 2.11. The Morgan fingerprint density at radius 3 is 2.89 bits per heavy atom. The average molecular weight is 387 g/mol. The molecule has 0 aliphatic heterocycles. The van der Waals surface area contributed by atoms with E-state index in [2.05, 4.69) is 15.6 Å². The van der Waals surface area contributed by atoms with Crippen LogP contribution in [0.25, 0.3) is 10.2 Å². The summed E-state index contributed by atoms with van der Waals surface area (Å²) < 4.78 is 1.42. The van der Waals surface area contributed by atoms with Gasteiger partial charge in [0.1, 0.15) is 10.5 Å². The lowest BCUT2D eigenvalue weighted by atomic mass is 10.2. The number of aryl methyl sites for hydroxylation is 1. The number of thiophene rings is 1. The van der Waals surface area contributed by atoms with E-state index in [0.29, 0.717) is 29.0 Å². The molecule has 9 nitrogen and oxygen atoms in total. The summed E-state index contributed by atoms with van der Waals surface area (Å²) in [5, 5.41) is 18.9. The zero-order valence-corrected chi connectivity index (χ0v) is 15.1. The molecule has 0 unspecified atom stereocenters. The van der Waals surface area contributed by atoms with Gasteiger partial charge >= 0.3 is 0 Å². The summed E-state index contributed by atoms with van der Waals surface area (Å²) in [6, 6.07) is 8.04. The highest BCUT2D eigenvalue weighted by atomic mass is 32.1. The Labute approximate surface area is 157 Å². The van der Waals surface area contributed by atoms with Gasteiger partial charge in [0.05, 0.1) is 16.6 Å². The first-order chi connectivity index (χ1) is 13.1. The van der Waals surface area contributed by atoms with Crippen LogP contribution in [0.3, 0.4) is 0 Å². The maximum Gasteiger partial charge on any atom is 0.292 e. The van der Waals surface area contributed by atoms with Crippen molar-refractivity contribution < 1.29 is 9.72 Å². The smallest absolute Gasteiger partial charge is 0.292 e. The zero-order valence-electron chi connectivity index (χ0n) is 14.3. The molecule has 2 aromatic heterocycles. The van der Waals surface area contributed by atoms with Gasteiger partial charge < -0.3 is 10.6 Å². The van der Waals surface area contributed by atoms with Crippen molar-refractivity contribution in [1.29, 1.82) is 0 Å². The minimum absolute atomic E-state index is 0.0143. The summed E-state index contributed by atoms with van der Waals surface area (Å²) in [6.45, 7) is 0.890. The normalized spacial score (nSPS) is 10.7. The van der Waals surface area contributed by atoms with Gasteiger partial charge in [-0.15, -0.1) is 11.3 Å². The number of anilines is 1. The van der Waals surface area contributed by atoms with E-state index in [0.717, 1.165) is 0 Å². The van der Waals surface area contributed by atoms with Gasteiger partial charge in [-0.25, -0.2) is 4.98 Å². The Morgan fingerprint density at radius 1 is 1.26 bits per heavy atom. The first-order valence-electron chi connectivity index (χ1n) is 8.23. The molecule has 0 fully saturated rings. The Hall–Kier alpha value is -3.27. The molecule has 0 aliphatic rings. The lowest BCUT2D eigenvalue weighted by molar-refractivity contribution is -0.384. The van der Waals surface area contributed by atoms with E-state index >= 15 is 0 Å². The van der Waals surface area contributed by atoms with Gasteiger partial charge in [0.25, 0.3) is 11.2 Å². The summed E-state index contributed by atoms with van der Waals surface area (Å²) in [5.74, 6) is -0.211. The van der Waals surface area contributed by atoms with Crippen LogP contribution in [0, 0.1) is 10.1 Å². The molecular formula is C17H17N5O4S. The summed E-state index contributed by atoms with van der Waals surface area (Å²) >= 11 is 1.40. The number of nitro groups is 1. The third-order valence-corrected chi connectivity index (χ3v) is 4.71. The Kier molecular flexibility index (Phi) is 5.77. The van der Waals surface area contributed by atoms with Crippen LogP contribution in [-0.4, -0.2) is 33.5 Å². The zero-order chi connectivity index (χ0) is 19.2. The number of para-hydroxylation sites is 2. The number of hydrogen-bond acceptors (Lipinski definition) is 7. The minimum atomic E-state index is -0.461. The predicted molar refractivity (Wildman–Crippen MR) is 103 cm³/mol. The van der Waals surface area contributed by atoms with E-state index in [1.807, 2.05) is 0 Å². The molecule has 10 heteroatoms. The van der Waals surface area contributed by atoms with Crippen molar-refractivity contribution >= 4 is 38.8 Å². The lowest BCUT2D eigenvalue weighted by Gasteiger charge is -2.09. The van der Waals surface area contributed by atoms with Gasteiger partial charge in [0.15, 0.2) is 0 Å². The molecule has 0 radical (unpaired) electrons. The minimum Gasteiger partial charge on any atom is -0.378 e. The fourth-order valence-corrected chi connectivity index (χ4v) is 3.27. The van der Waals surface area contributed by atoms with Crippen LogP contribution in [0.1, 0.15) is 6.42 Å². The largest absolute Gasteiger partial charge is 0.378 e. The van der Waals surface area contributed by atoms with Gasteiger partial charge in [-0.1, -0.05) is 12.1 Å². The quantitative estimate of drug-likeness (QED) is 0.347. The van der Waals surface area contributed by atoms with E-state index in [-0.39, 0.29) is 30.1 Å². The number of amides is 1. The van der Waals surface area contributed by atoms with Crippen molar-refractivity contribution in [3.8, 4) is 0 Å². The van der Waals surface area contributed by atoms with E-state index < -0.39 is 4.92 Å². The molecule has 3 aromatic rings. The van der Waals surface area contributed by atoms with Crippen molar-refractivity contribution in [2.45, 2.75) is 13.0 Å². The van der Waals surface area contributed by atoms with Gasteiger partial charge in [0, 0.05) is 32.1 Å². The molecule has 0 atom stereocenters. The molecule has 0 bridgehead atoms. The first kappa shape index (κ1) is 18.5. The second kappa shape index (κ2) is 8.41. The number of nitrogens with one attached hydrogen (secondary N) is 2. The molecule has 1 aromatic carbocycles. The van der Waals surface area contributed by atoms with Crippen LogP contribution in [0.4, 0.5) is 11.4 Å². The van der Waals surface area contributed by atoms with Crippen molar-refractivity contribution in [3.63, 3.8) is 0 Å². The summed E-state index contributed by atoms with van der Waals surface area (Å²) in [7, 11) is 0. The number of benzene rings is 1. The molecule has 140 valence electrons. The number of carbonyl (C=O) groups is 1. The number of rotatable bonds is 8. The molecule has 0 saturated heterocycles. The molecule has 0 saturated carbocycles. The second-order valence-electron chi connectivity index (χ2n) is 5.68. The van der Waals surface area contributed by atoms with Gasteiger partial charge in [0.2, 0.25) is 5.91 Å². The third kappa shape index (κ3) is 4.47. The molecule has 0 spiro atoms. The number of nitro benzene ring substituents is 1. The van der Waals surface area contributed by atoms with Crippen molar-refractivity contribution in [2.24, 2.45) is 0 Å². The van der Waals surface area contributed by atoms with Gasteiger partial charge in [-0.05, 0) is 17.5 Å². The average Bonchev–Trinajstić information content (AvgIpc) is 3.14. The fraction of sp³-hybridized carbons (Fsp3) is 0.235. The Morgan fingerprint density at radius 2 is 2.07 bits per heavy atom. The molecular weight excluding hydrogens is 370 g/mol. The van der Waals surface area contributed by atoms with Crippen molar-refractivity contribution in [1.82, 2.24) is 14.9 Å². The number of aromatic nitrogens is 2. The second-order valence-corrected chi connectivity index (χ2v) is 6.58. The maximum atomic E-state index is 12.2. The van der Waals surface area contributed by atoms with Crippen LogP contribution in [-0.2, 0) is 11.3 Å². The van der Waals surface area contributed by atoms with Crippen molar-refractivity contribution in [2.75, 3.05) is 18.4 Å². The van der Waals surface area contributed by atoms with Gasteiger partial charge in [-0.2, -0.15) is 0 Å². The standard InChI is InChI=1S/C17H17N5O4S/c23-15(5-9-21-11-20-16-12(17(21)24)6-10-27-16)19-8-7-18-13-3-1-2-4-14(13)22(25)26/h1-4,6,10-11,18H,5,7-9H2,(H,19,23). The van der Waals surface area contributed by atoms with E-state index in [9.17, 15) is 19.7 Å². The van der Waals surface area contributed by atoms with Crippen molar-refractivity contribution in [3.05, 3.63) is 62.5 Å². The summed E-state index contributed by atoms with van der Waals surface area (Å²) in [4.78, 5) is 39.5. The van der Waals surface area contributed by atoms with Crippen LogP contribution < -0.4 is 16.2 Å². The first-order valence-corrected chi connectivity index (χ1v) is 9.11. The lowest BCUT2D eigenvalue weighted by Crippen LogP contribution is -2.30. The predicted octanol–water partition coefficient (Wildman–Crippen LogP) is 1.98. The summed E-state index contributed by atoms with van der Waals surface area (Å²) in [6.07, 6.45) is 1.59. The number of nitrogens with zero attached hydrogens (tertiary/aromatic N) is 3. The van der Waals surface area contributed by atoms with Gasteiger partial charge in [-0.3, -0.25) is 24.3 Å². The molecule has 3 rings (SSSR count). The molecule has 2 heterocycles. The number of hydrogen-bond donors (Lipinski definition) is 2. The molecule has 2 N–H and O–H groups in total. The van der Waals surface area contributed by atoms with Crippen LogP contribution >= 0.6 is 11.3 Å². The van der Waals surface area contributed by atoms with Crippen LogP contribution in [0.5, 0.6) is 0 Å². The number of carbonyl (C=O) groups excluding carboxylic acids is 1. The monoisotopic (exact) mass is 387 g/mol. The third-order valence-electron chi connectivity index (χ3n) is 3.89. The SMILES string of the molecule is O=C(CCn1cnc2sccc2c1=O)NCCNc1ccccc1[N+](=O)[O-]. The van der Waals surface area contributed by atoms with E-state index in [4.69, 9.17) is 0 Å².